The van der Waals surface area contributed by atoms with Crippen LogP contribution in [-0.2, 0) is 9.47 Å². The van der Waals surface area contributed by atoms with Gasteiger partial charge in [0.25, 0.3) is 5.91 Å². The summed E-state index contributed by atoms with van der Waals surface area (Å²) in [5, 5.41) is 6.60. The smallest absolute Gasteiger partial charge is 0.269 e. The molecular weight excluding hydrogens is 322 g/mol. The third-order valence-corrected chi connectivity index (χ3v) is 4.90. The van der Waals surface area contributed by atoms with Crippen molar-refractivity contribution in [2.75, 3.05) is 20.8 Å². The summed E-state index contributed by atoms with van der Waals surface area (Å²) >= 11 is 3.06. The number of amides is 1. The second kappa shape index (κ2) is 6.57. The highest BCUT2D eigenvalue weighted by Gasteiger charge is 2.16. The summed E-state index contributed by atoms with van der Waals surface area (Å²) in [5.41, 5.74) is 1.43. The van der Waals surface area contributed by atoms with E-state index in [0.29, 0.717) is 5.69 Å². The van der Waals surface area contributed by atoms with Gasteiger partial charge in [-0.3, -0.25) is 9.20 Å². The van der Waals surface area contributed by atoms with Gasteiger partial charge in [0.2, 0.25) is 0 Å². The molecule has 3 heterocycles. The molecule has 8 heteroatoms. The molecule has 1 N–H and O–H groups in total. The number of carbonyl (C=O) groups is 1. The molecule has 0 unspecified atom stereocenters. The predicted molar refractivity (Wildman–Crippen MR) is 86.5 cm³/mol. The van der Waals surface area contributed by atoms with Crippen LogP contribution in [0.25, 0.3) is 15.5 Å². The van der Waals surface area contributed by atoms with E-state index in [0.717, 1.165) is 15.5 Å². The van der Waals surface area contributed by atoms with Crippen molar-refractivity contribution in [2.45, 2.75) is 6.29 Å². The third kappa shape index (κ3) is 2.91. The molecule has 0 aromatic carbocycles. The molecule has 3 rings (SSSR count). The molecule has 0 aliphatic carbocycles. The maximum Gasteiger partial charge on any atom is 0.269 e. The Balaban J connectivity index is 1.80. The normalized spacial score (nSPS) is 11.4. The predicted octanol–water partition coefficient (Wildman–Crippen LogP) is 2.47. The number of imidazole rings is 1. The first kappa shape index (κ1) is 15.2. The third-order valence-electron chi connectivity index (χ3n) is 3.17. The van der Waals surface area contributed by atoms with Crippen LogP contribution in [0.3, 0.4) is 0 Å². The van der Waals surface area contributed by atoms with E-state index in [2.05, 4.69) is 10.3 Å². The van der Waals surface area contributed by atoms with E-state index in [9.17, 15) is 4.79 Å². The van der Waals surface area contributed by atoms with E-state index in [1.54, 1.807) is 16.7 Å². The molecule has 0 fully saturated rings. The highest BCUT2D eigenvalue weighted by atomic mass is 32.1. The van der Waals surface area contributed by atoms with Crippen LogP contribution in [0.1, 0.15) is 10.5 Å². The van der Waals surface area contributed by atoms with Crippen molar-refractivity contribution in [2.24, 2.45) is 0 Å². The number of hydrogen-bond acceptors (Lipinski definition) is 6. The molecule has 1 amide bonds. The van der Waals surface area contributed by atoms with Gasteiger partial charge in [-0.15, -0.1) is 22.7 Å². The largest absolute Gasteiger partial charge is 0.354 e. The van der Waals surface area contributed by atoms with Crippen molar-refractivity contribution in [3.63, 3.8) is 0 Å². The van der Waals surface area contributed by atoms with Crippen LogP contribution in [0.5, 0.6) is 0 Å². The number of aromatic nitrogens is 2. The fourth-order valence-corrected chi connectivity index (χ4v) is 3.55. The van der Waals surface area contributed by atoms with Gasteiger partial charge in [-0.25, -0.2) is 4.98 Å². The maximum atomic E-state index is 12.3. The molecule has 0 spiro atoms. The SMILES string of the molecule is COC(CNC(=O)c1csc2nc(-c3cccs3)cn12)OC. The summed E-state index contributed by atoms with van der Waals surface area (Å²) in [6, 6.07) is 4.00. The van der Waals surface area contributed by atoms with Gasteiger partial charge in [0.1, 0.15) is 11.4 Å². The van der Waals surface area contributed by atoms with Crippen molar-refractivity contribution in [1.29, 1.82) is 0 Å². The van der Waals surface area contributed by atoms with Crippen LogP contribution in [0, 0.1) is 0 Å². The van der Waals surface area contributed by atoms with Crippen molar-refractivity contribution >= 4 is 33.5 Å². The van der Waals surface area contributed by atoms with Gasteiger partial charge < -0.3 is 14.8 Å². The molecule has 6 nitrogen and oxygen atoms in total. The van der Waals surface area contributed by atoms with Crippen molar-refractivity contribution in [1.82, 2.24) is 14.7 Å². The number of carbonyl (C=O) groups excluding carboxylic acids is 1. The Hall–Kier alpha value is -1.74. The minimum Gasteiger partial charge on any atom is -0.354 e. The Morgan fingerprint density at radius 2 is 2.23 bits per heavy atom. The van der Waals surface area contributed by atoms with Gasteiger partial charge >= 0.3 is 0 Å². The summed E-state index contributed by atoms with van der Waals surface area (Å²) in [6.45, 7) is 0.287. The number of hydrogen-bond donors (Lipinski definition) is 1. The number of nitrogens with zero attached hydrogens (tertiary/aromatic N) is 2. The fourth-order valence-electron chi connectivity index (χ4n) is 2.02. The number of ether oxygens (including phenoxy) is 2. The Kier molecular flexibility index (Phi) is 4.53. The molecule has 0 saturated heterocycles. The molecule has 116 valence electrons. The zero-order valence-electron chi connectivity index (χ0n) is 12.1. The molecule has 0 aliphatic rings. The number of fused-ring (bicyclic) bond motifs is 1. The van der Waals surface area contributed by atoms with Gasteiger partial charge in [-0.2, -0.15) is 0 Å². The van der Waals surface area contributed by atoms with Gasteiger partial charge in [0, 0.05) is 25.8 Å². The van der Waals surface area contributed by atoms with E-state index in [1.165, 1.54) is 25.6 Å². The Morgan fingerprint density at radius 3 is 2.91 bits per heavy atom. The van der Waals surface area contributed by atoms with E-state index in [4.69, 9.17) is 9.47 Å². The second-order valence-corrected chi connectivity index (χ2v) is 6.27. The van der Waals surface area contributed by atoms with E-state index in [-0.39, 0.29) is 12.5 Å². The average Bonchev–Trinajstić information content (AvgIpc) is 3.23. The zero-order valence-corrected chi connectivity index (χ0v) is 13.7. The Labute approximate surface area is 135 Å². The van der Waals surface area contributed by atoms with Crippen LogP contribution in [-0.4, -0.2) is 42.3 Å². The first-order chi connectivity index (χ1) is 10.7. The van der Waals surface area contributed by atoms with E-state index < -0.39 is 6.29 Å². The zero-order chi connectivity index (χ0) is 15.5. The number of thiazole rings is 1. The standard InChI is InChI=1S/C14H15N3O3S2/c1-19-12(20-2)6-15-13(18)10-8-22-14-16-9(7-17(10)14)11-4-3-5-21-11/h3-5,7-8,12H,6H2,1-2H3,(H,15,18). The molecule has 3 aromatic heterocycles. The lowest BCUT2D eigenvalue weighted by molar-refractivity contribution is -0.0974. The highest BCUT2D eigenvalue weighted by Crippen LogP contribution is 2.26. The lowest BCUT2D eigenvalue weighted by Gasteiger charge is -2.13. The van der Waals surface area contributed by atoms with Crippen molar-refractivity contribution in [3.8, 4) is 10.6 Å². The minimum atomic E-state index is -0.456. The lowest BCUT2D eigenvalue weighted by Crippen LogP contribution is -2.34. The molecule has 3 aromatic rings. The van der Waals surface area contributed by atoms with Gasteiger partial charge in [-0.05, 0) is 11.4 Å². The van der Waals surface area contributed by atoms with Crippen molar-refractivity contribution in [3.05, 3.63) is 34.8 Å². The summed E-state index contributed by atoms with van der Waals surface area (Å²) < 4.78 is 11.9. The molecular formula is C14H15N3O3S2. The topological polar surface area (TPSA) is 64.9 Å². The average molecular weight is 337 g/mol. The summed E-state index contributed by atoms with van der Waals surface area (Å²) in [5.74, 6) is -0.180. The van der Waals surface area contributed by atoms with E-state index in [1.807, 2.05) is 28.1 Å². The molecule has 0 radical (unpaired) electrons. The van der Waals surface area contributed by atoms with E-state index >= 15 is 0 Å². The molecule has 0 atom stereocenters. The van der Waals surface area contributed by atoms with Crippen LogP contribution < -0.4 is 5.32 Å². The fraction of sp³-hybridized carbons (Fsp3) is 0.286. The lowest BCUT2D eigenvalue weighted by atomic mass is 10.4. The molecule has 22 heavy (non-hydrogen) atoms. The Morgan fingerprint density at radius 1 is 1.41 bits per heavy atom. The maximum absolute atomic E-state index is 12.3. The first-order valence-electron chi connectivity index (χ1n) is 6.57. The summed E-state index contributed by atoms with van der Waals surface area (Å²) in [7, 11) is 3.07. The highest BCUT2D eigenvalue weighted by molar-refractivity contribution is 7.15. The summed E-state index contributed by atoms with van der Waals surface area (Å²) in [4.78, 5) is 18.7. The van der Waals surface area contributed by atoms with Crippen LogP contribution in [0.4, 0.5) is 0 Å². The van der Waals surface area contributed by atoms with Crippen LogP contribution in [0.15, 0.2) is 29.1 Å². The number of thiophene rings is 1. The summed E-state index contributed by atoms with van der Waals surface area (Å²) in [6.07, 6.45) is 1.43. The number of rotatable bonds is 6. The van der Waals surface area contributed by atoms with Crippen LogP contribution in [0.2, 0.25) is 0 Å². The van der Waals surface area contributed by atoms with Crippen molar-refractivity contribution < 1.29 is 14.3 Å². The Bertz CT molecular complexity index is 760. The molecule has 0 bridgehead atoms. The number of methoxy groups -OCH3 is 2. The minimum absolute atomic E-state index is 0.180. The second-order valence-electron chi connectivity index (χ2n) is 4.49. The molecule has 0 saturated carbocycles. The van der Waals surface area contributed by atoms with Gasteiger partial charge in [-0.1, -0.05) is 6.07 Å². The van der Waals surface area contributed by atoms with Gasteiger partial charge in [0.15, 0.2) is 11.3 Å². The molecule has 0 aliphatic heterocycles. The van der Waals surface area contributed by atoms with Gasteiger partial charge in [0.05, 0.1) is 11.4 Å². The van der Waals surface area contributed by atoms with Crippen LogP contribution >= 0.6 is 22.7 Å². The first-order valence-corrected chi connectivity index (χ1v) is 8.33. The monoisotopic (exact) mass is 337 g/mol. The quantitative estimate of drug-likeness (QED) is 0.702. The number of nitrogens with one attached hydrogen (secondary N) is 1.